The summed E-state index contributed by atoms with van der Waals surface area (Å²) in [6.07, 6.45) is 1.28. The largest absolute Gasteiger partial charge is 0.282 e. The quantitative estimate of drug-likeness (QED) is 0.534. The highest BCUT2D eigenvalue weighted by atomic mass is 32.2. The zero-order valence-corrected chi connectivity index (χ0v) is 10.5. The van der Waals surface area contributed by atoms with Crippen molar-refractivity contribution in [2.24, 2.45) is 5.41 Å². The van der Waals surface area contributed by atoms with E-state index in [0.29, 0.717) is 13.0 Å². The van der Waals surface area contributed by atoms with Gasteiger partial charge in [-0.15, -0.1) is 0 Å². The van der Waals surface area contributed by atoms with Crippen molar-refractivity contribution in [2.75, 3.05) is 18.1 Å². The van der Waals surface area contributed by atoms with Crippen LogP contribution in [0.1, 0.15) is 33.6 Å². The van der Waals surface area contributed by atoms with E-state index < -0.39 is 5.41 Å². The molecule has 0 atom stereocenters. The molecule has 0 aromatic carbocycles. The Morgan fingerprint density at radius 3 is 2.53 bits per heavy atom. The van der Waals surface area contributed by atoms with Gasteiger partial charge in [-0.25, -0.2) is 0 Å². The smallest absolute Gasteiger partial charge is 0.235 e. The maximum atomic E-state index is 11.8. The van der Waals surface area contributed by atoms with Crippen molar-refractivity contribution >= 4 is 23.6 Å². The monoisotopic (exact) mass is 229 g/mol. The fourth-order valence-electron chi connectivity index (χ4n) is 1.72. The van der Waals surface area contributed by atoms with Crippen molar-refractivity contribution < 1.29 is 9.59 Å². The maximum Gasteiger partial charge on any atom is 0.235 e. The molecule has 0 saturated carbocycles. The number of imide groups is 1. The molecule has 1 rings (SSSR count). The molecule has 1 saturated heterocycles. The minimum atomic E-state index is -0.477. The van der Waals surface area contributed by atoms with Gasteiger partial charge in [0.1, 0.15) is 0 Å². The number of likely N-dealkylation sites (tertiary alicyclic amines) is 1. The molecule has 3 nitrogen and oxygen atoms in total. The second-order valence-electron chi connectivity index (χ2n) is 4.46. The lowest BCUT2D eigenvalue weighted by Gasteiger charge is -2.17. The molecule has 1 heterocycles. The molecule has 0 aromatic heterocycles. The van der Waals surface area contributed by atoms with Gasteiger partial charge in [0, 0.05) is 13.0 Å². The van der Waals surface area contributed by atoms with E-state index in [1.54, 1.807) is 0 Å². The molecule has 15 heavy (non-hydrogen) atoms. The van der Waals surface area contributed by atoms with E-state index in [-0.39, 0.29) is 11.8 Å². The van der Waals surface area contributed by atoms with Crippen molar-refractivity contribution in [3.63, 3.8) is 0 Å². The van der Waals surface area contributed by atoms with Crippen LogP contribution in [0.15, 0.2) is 0 Å². The summed E-state index contributed by atoms with van der Waals surface area (Å²) in [5.41, 5.74) is -0.477. The van der Waals surface area contributed by atoms with Crippen molar-refractivity contribution in [2.45, 2.75) is 33.6 Å². The molecule has 1 aliphatic heterocycles. The molecule has 2 amide bonds. The SMILES string of the molecule is CCSCCCN1C(=O)CC(C)(C)C1=O. The van der Waals surface area contributed by atoms with Crippen LogP contribution in [0.25, 0.3) is 0 Å². The third kappa shape index (κ3) is 2.97. The molecular weight excluding hydrogens is 210 g/mol. The van der Waals surface area contributed by atoms with Crippen molar-refractivity contribution in [3.05, 3.63) is 0 Å². The Bertz CT molecular complexity index is 263. The molecule has 0 spiro atoms. The van der Waals surface area contributed by atoms with E-state index in [4.69, 9.17) is 0 Å². The lowest BCUT2D eigenvalue weighted by Crippen LogP contribution is -2.34. The molecule has 1 aliphatic rings. The lowest BCUT2D eigenvalue weighted by atomic mass is 9.92. The van der Waals surface area contributed by atoms with E-state index in [0.717, 1.165) is 17.9 Å². The van der Waals surface area contributed by atoms with E-state index >= 15 is 0 Å². The predicted octanol–water partition coefficient (Wildman–Crippen LogP) is 1.91. The minimum Gasteiger partial charge on any atom is -0.282 e. The second-order valence-corrected chi connectivity index (χ2v) is 5.86. The standard InChI is InChI=1S/C11H19NO2S/c1-4-15-7-5-6-12-9(13)8-11(2,3)10(12)14/h4-8H2,1-3H3. The number of hydrogen-bond acceptors (Lipinski definition) is 3. The molecule has 0 unspecified atom stereocenters. The summed E-state index contributed by atoms with van der Waals surface area (Å²) in [4.78, 5) is 24.8. The molecule has 1 fully saturated rings. The molecule has 0 radical (unpaired) electrons. The Balaban J connectivity index is 2.42. The van der Waals surface area contributed by atoms with Crippen LogP contribution >= 0.6 is 11.8 Å². The number of carbonyl (C=O) groups is 2. The number of rotatable bonds is 5. The van der Waals surface area contributed by atoms with Gasteiger partial charge in [0.2, 0.25) is 11.8 Å². The zero-order valence-electron chi connectivity index (χ0n) is 9.71. The number of hydrogen-bond donors (Lipinski definition) is 0. The topological polar surface area (TPSA) is 37.4 Å². The summed E-state index contributed by atoms with van der Waals surface area (Å²) in [7, 11) is 0. The molecule has 0 aliphatic carbocycles. The predicted molar refractivity (Wildman–Crippen MR) is 62.7 cm³/mol. The highest BCUT2D eigenvalue weighted by molar-refractivity contribution is 7.99. The summed E-state index contributed by atoms with van der Waals surface area (Å²) in [6, 6.07) is 0. The van der Waals surface area contributed by atoms with Crippen LogP contribution in [-0.2, 0) is 9.59 Å². The lowest BCUT2D eigenvalue weighted by molar-refractivity contribution is -0.140. The number of amides is 2. The first-order valence-electron chi connectivity index (χ1n) is 5.41. The first-order chi connectivity index (χ1) is 6.99. The van der Waals surface area contributed by atoms with E-state index in [1.807, 2.05) is 25.6 Å². The van der Waals surface area contributed by atoms with Gasteiger partial charge in [-0.1, -0.05) is 20.8 Å². The third-order valence-electron chi connectivity index (χ3n) is 2.59. The normalized spacial score (nSPS) is 20.1. The number of thioether (sulfide) groups is 1. The zero-order chi connectivity index (χ0) is 11.5. The third-order valence-corrected chi connectivity index (χ3v) is 3.58. The summed E-state index contributed by atoms with van der Waals surface area (Å²) in [6.45, 7) is 6.39. The Morgan fingerprint density at radius 1 is 1.40 bits per heavy atom. The Hall–Kier alpha value is -0.510. The van der Waals surface area contributed by atoms with Gasteiger partial charge >= 0.3 is 0 Å². The molecule has 0 bridgehead atoms. The minimum absolute atomic E-state index is 0.00556. The summed E-state index contributed by atoms with van der Waals surface area (Å²) in [5, 5.41) is 0. The molecule has 4 heteroatoms. The van der Waals surface area contributed by atoms with Gasteiger partial charge in [-0.3, -0.25) is 14.5 Å². The number of nitrogens with zero attached hydrogens (tertiary/aromatic N) is 1. The summed E-state index contributed by atoms with van der Waals surface area (Å²) in [5.74, 6) is 2.10. The van der Waals surface area contributed by atoms with Gasteiger partial charge in [-0.05, 0) is 17.9 Å². The summed E-state index contributed by atoms with van der Waals surface area (Å²) < 4.78 is 0. The average Bonchev–Trinajstić information content (AvgIpc) is 2.33. The van der Waals surface area contributed by atoms with E-state index in [9.17, 15) is 9.59 Å². The molecular formula is C11H19NO2S. The van der Waals surface area contributed by atoms with Gasteiger partial charge in [0.05, 0.1) is 5.41 Å². The van der Waals surface area contributed by atoms with Crippen LogP contribution in [0.3, 0.4) is 0 Å². The van der Waals surface area contributed by atoms with Crippen LogP contribution in [0.4, 0.5) is 0 Å². The van der Waals surface area contributed by atoms with Crippen molar-refractivity contribution in [1.82, 2.24) is 4.90 Å². The highest BCUT2D eigenvalue weighted by Gasteiger charge is 2.44. The molecule has 0 aromatic rings. The van der Waals surface area contributed by atoms with Crippen molar-refractivity contribution in [3.8, 4) is 0 Å². The fourth-order valence-corrected chi connectivity index (χ4v) is 2.34. The fraction of sp³-hybridized carbons (Fsp3) is 0.818. The second kappa shape index (κ2) is 5.01. The highest BCUT2D eigenvalue weighted by Crippen LogP contribution is 2.31. The van der Waals surface area contributed by atoms with Crippen molar-refractivity contribution in [1.29, 1.82) is 0 Å². The first kappa shape index (κ1) is 12.6. The summed E-state index contributed by atoms with van der Waals surface area (Å²) >= 11 is 1.84. The van der Waals surface area contributed by atoms with E-state index in [1.165, 1.54) is 4.90 Å². The van der Waals surface area contributed by atoms with Crippen LogP contribution in [0.5, 0.6) is 0 Å². The Kier molecular flexibility index (Phi) is 4.20. The van der Waals surface area contributed by atoms with Crippen LogP contribution in [0, 0.1) is 5.41 Å². The molecule has 0 N–H and O–H groups in total. The number of carbonyl (C=O) groups excluding carboxylic acids is 2. The van der Waals surface area contributed by atoms with Crippen LogP contribution in [0.2, 0.25) is 0 Å². The Labute approximate surface area is 95.6 Å². The van der Waals surface area contributed by atoms with E-state index in [2.05, 4.69) is 6.92 Å². The maximum absolute atomic E-state index is 11.8. The first-order valence-corrected chi connectivity index (χ1v) is 6.57. The van der Waals surface area contributed by atoms with Gasteiger partial charge < -0.3 is 0 Å². The Morgan fingerprint density at radius 2 is 2.07 bits per heavy atom. The van der Waals surface area contributed by atoms with Gasteiger partial charge in [0.15, 0.2) is 0 Å². The molecule has 86 valence electrons. The van der Waals surface area contributed by atoms with Gasteiger partial charge in [-0.2, -0.15) is 11.8 Å². The van der Waals surface area contributed by atoms with Crippen LogP contribution in [-0.4, -0.2) is 34.8 Å². The van der Waals surface area contributed by atoms with Gasteiger partial charge in [0.25, 0.3) is 0 Å². The van der Waals surface area contributed by atoms with Crippen LogP contribution < -0.4 is 0 Å². The average molecular weight is 229 g/mol.